The molecule has 0 aromatic carbocycles. The van der Waals surface area contributed by atoms with Gasteiger partial charge in [0, 0.05) is 19.6 Å². The highest BCUT2D eigenvalue weighted by Gasteiger charge is 2.43. The Labute approximate surface area is 79.1 Å². The molecule has 4 heteroatoms. The highest BCUT2D eigenvalue weighted by Crippen LogP contribution is 2.23. The summed E-state index contributed by atoms with van der Waals surface area (Å²) >= 11 is 0. The molecule has 0 aliphatic carbocycles. The zero-order chi connectivity index (χ0) is 10.1. The third-order valence-electron chi connectivity index (χ3n) is 3.06. The number of piperazine rings is 1. The second-order valence-electron chi connectivity index (χ2n) is 3.85. The first-order valence-electron chi connectivity index (χ1n) is 4.66. The Bertz CT molecular complexity index is 208. The number of likely N-dealkylation sites (N-methyl/N-ethyl adjacent to an activating group) is 2. The van der Waals surface area contributed by atoms with Crippen LogP contribution in [0, 0.1) is 0 Å². The Hall–Kier alpha value is -0.610. The van der Waals surface area contributed by atoms with Gasteiger partial charge in [0.2, 0.25) is 0 Å². The zero-order valence-corrected chi connectivity index (χ0v) is 8.58. The second kappa shape index (κ2) is 3.64. The second-order valence-corrected chi connectivity index (χ2v) is 3.85. The molecule has 1 atom stereocenters. The van der Waals surface area contributed by atoms with Gasteiger partial charge in [-0.3, -0.25) is 9.69 Å². The molecular weight excluding hydrogens is 168 g/mol. The Morgan fingerprint density at radius 2 is 2.08 bits per heavy atom. The van der Waals surface area contributed by atoms with Crippen LogP contribution in [0.1, 0.15) is 13.3 Å². The lowest BCUT2D eigenvalue weighted by Gasteiger charge is -2.45. The first-order valence-corrected chi connectivity index (χ1v) is 4.66. The van der Waals surface area contributed by atoms with Crippen molar-refractivity contribution in [2.24, 2.45) is 0 Å². The lowest BCUT2D eigenvalue weighted by atomic mass is 9.91. The van der Waals surface area contributed by atoms with Gasteiger partial charge < -0.3 is 10.0 Å². The molecule has 0 aromatic heterocycles. The lowest BCUT2D eigenvalue weighted by molar-refractivity contribution is -0.155. The summed E-state index contributed by atoms with van der Waals surface area (Å²) in [4.78, 5) is 15.2. The molecule has 0 amide bonds. The molecule has 1 unspecified atom stereocenters. The molecule has 1 aliphatic rings. The van der Waals surface area contributed by atoms with Crippen LogP contribution in [0.15, 0.2) is 0 Å². The van der Waals surface area contributed by atoms with E-state index in [1.807, 2.05) is 25.9 Å². The maximum Gasteiger partial charge on any atom is 0.325 e. The number of hydrogen-bond acceptors (Lipinski definition) is 3. The van der Waals surface area contributed by atoms with Crippen LogP contribution >= 0.6 is 0 Å². The average Bonchev–Trinajstić information content (AvgIpc) is 2.09. The van der Waals surface area contributed by atoms with Crippen molar-refractivity contribution in [2.75, 3.05) is 33.7 Å². The van der Waals surface area contributed by atoms with E-state index < -0.39 is 11.5 Å². The Morgan fingerprint density at radius 1 is 1.46 bits per heavy atom. The summed E-state index contributed by atoms with van der Waals surface area (Å²) in [5.74, 6) is -0.705. The molecule has 1 aliphatic heterocycles. The monoisotopic (exact) mass is 186 g/mol. The standard InChI is InChI=1S/C9H18N2O2/c1-4-9(8(12)13)7-10(2)5-6-11(9)3/h4-7H2,1-3H3,(H,12,13). The van der Waals surface area contributed by atoms with Crippen LogP contribution in [0.5, 0.6) is 0 Å². The molecule has 4 nitrogen and oxygen atoms in total. The molecule has 13 heavy (non-hydrogen) atoms. The van der Waals surface area contributed by atoms with Gasteiger partial charge in [0.05, 0.1) is 0 Å². The zero-order valence-electron chi connectivity index (χ0n) is 8.58. The SMILES string of the molecule is CCC1(C(=O)O)CN(C)CCN1C. The van der Waals surface area contributed by atoms with E-state index in [0.717, 1.165) is 13.1 Å². The fourth-order valence-corrected chi connectivity index (χ4v) is 1.94. The Balaban J connectivity index is 2.86. The van der Waals surface area contributed by atoms with Crippen molar-refractivity contribution < 1.29 is 9.90 Å². The largest absolute Gasteiger partial charge is 0.480 e. The average molecular weight is 186 g/mol. The Morgan fingerprint density at radius 3 is 2.46 bits per heavy atom. The van der Waals surface area contributed by atoms with E-state index in [9.17, 15) is 9.90 Å². The number of nitrogens with zero attached hydrogens (tertiary/aromatic N) is 2. The van der Waals surface area contributed by atoms with E-state index in [1.54, 1.807) is 0 Å². The molecule has 0 saturated carbocycles. The normalized spacial score (nSPS) is 31.9. The molecule has 0 bridgehead atoms. The molecule has 0 spiro atoms. The maximum absolute atomic E-state index is 11.2. The molecule has 1 fully saturated rings. The van der Waals surface area contributed by atoms with E-state index in [-0.39, 0.29) is 0 Å². The predicted molar refractivity (Wildman–Crippen MR) is 50.8 cm³/mol. The molecule has 1 N–H and O–H groups in total. The summed E-state index contributed by atoms with van der Waals surface area (Å²) in [6.45, 7) is 4.33. The first-order chi connectivity index (χ1) is 6.03. The summed E-state index contributed by atoms with van der Waals surface area (Å²) in [6, 6.07) is 0. The van der Waals surface area contributed by atoms with Crippen LogP contribution < -0.4 is 0 Å². The number of rotatable bonds is 2. The fraction of sp³-hybridized carbons (Fsp3) is 0.889. The van der Waals surface area contributed by atoms with Gasteiger partial charge >= 0.3 is 5.97 Å². The molecule has 0 radical (unpaired) electrons. The van der Waals surface area contributed by atoms with Gasteiger partial charge in [0.15, 0.2) is 0 Å². The van der Waals surface area contributed by atoms with E-state index >= 15 is 0 Å². The molecule has 1 saturated heterocycles. The first kappa shape index (κ1) is 10.5. The van der Waals surface area contributed by atoms with E-state index in [1.165, 1.54) is 0 Å². The molecule has 1 rings (SSSR count). The lowest BCUT2D eigenvalue weighted by Crippen LogP contribution is -2.63. The maximum atomic E-state index is 11.2. The van der Waals surface area contributed by atoms with E-state index in [2.05, 4.69) is 4.90 Å². The quantitative estimate of drug-likeness (QED) is 0.664. The van der Waals surface area contributed by atoms with Crippen molar-refractivity contribution in [1.29, 1.82) is 0 Å². The van der Waals surface area contributed by atoms with E-state index in [4.69, 9.17) is 0 Å². The summed E-state index contributed by atoms with van der Waals surface area (Å²) in [5.41, 5.74) is -0.674. The van der Waals surface area contributed by atoms with Crippen molar-refractivity contribution in [2.45, 2.75) is 18.9 Å². The number of aliphatic carboxylic acids is 1. The molecule has 1 heterocycles. The minimum Gasteiger partial charge on any atom is -0.480 e. The van der Waals surface area contributed by atoms with Crippen molar-refractivity contribution >= 4 is 5.97 Å². The molecule has 76 valence electrons. The van der Waals surface area contributed by atoms with Crippen LogP contribution in [0.2, 0.25) is 0 Å². The number of carboxylic acid groups (broad SMARTS) is 1. The topological polar surface area (TPSA) is 43.8 Å². The van der Waals surface area contributed by atoms with Gasteiger partial charge in [-0.15, -0.1) is 0 Å². The number of carbonyl (C=O) groups is 1. The molecular formula is C9H18N2O2. The van der Waals surface area contributed by atoms with E-state index in [0.29, 0.717) is 13.0 Å². The third-order valence-corrected chi connectivity index (χ3v) is 3.06. The van der Waals surface area contributed by atoms with Crippen molar-refractivity contribution in [1.82, 2.24) is 9.80 Å². The molecule has 0 aromatic rings. The number of carboxylic acids is 1. The van der Waals surface area contributed by atoms with Crippen molar-refractivity contribution in [3.05, 3.63) is 0 Å². The highest BCUT2D eigenvalue weighted by molar-refractivity contribution is 5.79. The van der Waals surface area contributed by atoms with Crippen LogP contribution in [-0.4, -0.2) is 60.1 Å². The number of hydrogen-bond donors (Lipinski definition) is 1. The van der Waals surface area contributed by atoms with Crippen molar-refractivity contribution in [3.63, 3.8) is 0 Å². The fourth-order valence-electron chi connectivity index (χ4n) is 1.94. The summed E-state index contributed by atoms with van der Waals surface area (Å²) < 4.78 is 0. The van der Waals surface area contributed by atoms with Gasteiger partial charge in [-0.2, -0.15) is 0 Å². The van der Waals surface area contributed by atoms with Gasteiger partial charge in [-0.05, 0) is 20.5 Å². The summed E-state index contributed by atoms with van der Waals surface area (Å²) in [5, 5.41) is 9.21. The minimum absolute atomic E-state index is 0.620. The van der Waals surface area contributed by atoms with Crippen molar-refractivity contribution in [3.8, 4) is 0 Å². The predicted octanol–water partition coefficient (Wildman–Crippen LogP) is 0.0970. The van der Waals surface area contributed by atoms with Gasteiger partial charge in [0.1, 0.15) is 5.54 Å². The van der Waals surface area contributed by atoms with Gasteiger partial charge in [-0.25, -0.2) is 0 Å². The highest BCUT2D eigenvalue weighted by atomic mass is 16.4. The van der Waals surface area contributed by atoms with Crippen LogP contribution in [-0.2, 0) is 4.79 Å². The summed E-state index contributed by atoms with van der Waals surface area (Å²) in [7, 11) is 3.87. The Kier molecular flexibility index (Phi) is 2.93. The van der Waals surface area contributed by atoms with Crippen LogP contribution in [0.3, 0.4) is 0 Å². The van der Waals surface area contributed by atoms with Crippen LogP contribution in [0.4, 0.5) is 0 Å². The third kappa shape index (κ3) is 1.69. The minimum atomic E-state index is -0.705. The van der Waals surface area contributed by atoms with Gasteiger partial charge in [-0.1, -0.05) is 6.92 Å². The van der Waals surface area contributed by atoms with Gasteiger partial charge in [0.25, 0.3) is 0 Å². The smallest absolute Gasteiger partial charge is 0.325 e. The summed E-state index contributed by atoms with van der Waals surface area (Å²) in [6.07, 6.45) is 0.656. The van der Waals surface area contributed by atoms with Crippen LogP contribution in [0.25, 0.3) is 0 Å².